The third kappa shape index (κ3) is 22.2. The van der Waals surface area contributed by atoms with Gasteiger partial charge in [0.1, 0.15) is 18.3 Å². The summed E-state index contributed by atoms with van der Waals surface area (Å²) in [5, 5.41) is 30.5. The minimum atomic E-state index is -5.14. The maximum absolute atomic E-state index is 12.2. The van der Waals surface area contributed by atoms with Crippen LogP contribution in [0.1, 0.15) is 11.1 Å². The molecule has 0 saturated carbocycles. The fraction of sp³-hybridized carbons (Fsp3) is 0.412. The van der Waals surface area contributed by atoms with Crippen molar-refractivity contribution in [3.05, 3.63) is 44.1 Å². The first-order chi connectivity index (χ1) is 20.4. The molecule has 14 N–H and O–H groups in total. The third-order valence-electron chi connectivity index (χ3n) is 4.79. The molecule has 0 spiro atoms. The third-order valence-corrected chi connectivity index (χ3v) is 5.27. The van der Waals surface area contributed by atoms with Crippen LogP contribution in [-0.2, 0) is 29.3 Å². The Balaban J connectivity index is 0. The molecule has 2 aliphatic heterocycles. The van der Waals surface area contributed by atoms with Crippen LogP contribution in [0.5, 0.6) is 0 Å². The number of aliphatic hydroxyl groups excluding tert-OH is 3. The molecule has 4 atom stereocenters. The van der Waals surface area contributed by atoms with E-state index in [0.717, 1.165) is 11.1 Å². The van der Waals surface area contributed by atoms with Crippen molar-refractivity contribution in [3.8, 4) is 11.5 Å². The number of aromatic amines is 1. The van der Waals surface area contributed by atoms with E-state index in [2.05, 4.69) is 14.5 Å². The Morgan fingerprint density at radius 1 is 0.809 bits per heavy atom. The zero-order valence-electron chi connectivity index (χ0n) is 24.0. The summed E-state index contributed by atoms with van der Waals surface area (Å²) in [4.78, 5) is 118. The van der Waals surface area contributed by atoms with E-state index < -0.39 is 74.0 Å². The average molecular weight is 772 g/mol. The van der Waals surface area contributed by atoms with Gasteiger partial charge in [-0.05, 0) is 37.1 Å². The van der Waals surface area contributed by atoms with Crippen molar-refractivity contribution in [3.63, 3.8) is 0 Å². The number of rotatable bonds is 7. The van der Waals surface area contributed by atoms with Crippen molar-refractivity contribution < 1.29 is 121 Å². The van der Waals surface area contributed by atoms with Gasteiger partial charge in [0.25, 0.3) is 13.4 Å². The second-order valence-electron chi connectivity index (χ2n) is 8.62. The van der Waals surface area contributed by atoms with E-state index in [0.29, 0.717) is 11.0 Å². The molecule has 2 heterocycles. The van der Waals surface area contributed by atoms with Gasteiger partial charge in [-0.3, -0.25) is 14.3 Å². The Labute approximate surface area is 283 Å². The van der Waals surface area contributed by atoms with Gasteiger partial charge in [-0.25, -0.2) is 23.5 Å². The first kappa shape index (κ1) is 47.9. The summed E-state index contributed by atoms with van der Waals surface area (Å²) in [7, 11) is -19.1. The number of benzene rings is 1. The Morgan fingerprint density at radius 3 is 1.66 bits per heavy atom. The standard InChI is InChI=1S/C17H21N4O9P.Na.3H3O4P/c1-7-3-9-10(4-8(7)2)21(15-13(18-9)16(25)20-17(26)19-15)5-11(22)14(24)12(23)6-30-31(27,28)29;;3*1-5(2,3)4/h3-4,11-12,14,22-24H,5-6H2,1-2H3,(H,20,25,26)(H2,27,28,29);;3*(H3,1,2,3,4)/q;+1;;;/p-1/t11-,12+,14-;;;;/m0..../s1. The minimum Gasteiger partial charge on any atom is -0.756 e. The number of fused-ring (bicyclic) bond motifs is 2. The summed E-state index contributed by atoms with van der Waals surface area (Å²) in [6.45, 7) is 2.20. The molecule has 0 aromatic heterocycles. The predicted molar refractivity (Wildman–Crippen MR) is 147 cm³/mol. The number of aromatic nitrogens is 4. The monoisotopic (exact) mass is 772 g/mol. The molecule has 47 heavy (non-hydrogen) atoms. The number of hydrogen-bond donors (Lipinski definition) is 14. The molecule has 1 aromatic rings. The van der Waals surface area contributed by atoms with E-state index >= 15 is 0 Å². The molecule has 264 valence electrons. The summed E-state index contributed by atoms with van der Waals surface area (Å²) in [5.41, 5.74) is 0.565. The molecular weight excluding hydrogens is 743 g/mol. The van der Waals surface area contributed by atoms with Crippen LogP contribution >= 0.6 is 31.3 Å². The van der Waals surface area contributed by atoms with Gasteiger partial charge in [-0.2, -0.15) is 4.98 Å². The van der Waals surface area contributed by atoms with E-state index in [4.69, 9.17) is 62.6 Å². The predicted octanol–water partition coefficient (Wildman–Crippen LogP) is -8.02. The largest absolute Gasteiger partial charge is 1.00 e. The van der Waals surface area contributed by atoms with Crippen LogP contribution in [0.25, 0.3) is 22.6 Å². The maximum Gasteiger partial charge on any atom is 1.00 e. The van der Waals surface area contributed by atoms with Crippen LogP contribution in [0.4, 0.5) is 0 Å². The molecule has 2 aliphatic rings. The van der Waals surface area contributed by atoms with Gasteiger partial charge in [0.15, 0.2) is 11.5 Å². The number of nitrogens with one attached hydrogen (secondary N) is 1. The van der Waals surface area contributed by atoms with E-state index in [-0.39, 0.29) is 41.1 Å². The molecular formula is C17H29N4NaO21P4. The molecule has 0 fully saturated rings. The van der Waals surface area contributed by atoms with Crippen LogP contribution in [0, 0.1) is 13.8 Å². The molecule has 3 rings (SSSR count). The van der Waals surface area contributed by atoms with E-state index in [1.807, 2.05) is 18.8 Å². The fourth-order valence-corrected chi connectivity index (χ4v) is 3.40. The zero-order chi connectivity index (χ0) is 36.6. The molecule has 1 unspecified atom stereocenters. The molecule has 0 radical (unpaired) electrons. The molecule has 0 bridgehead atoms. The van der Waals surface area contributed by atoms with Gasteiger partial charge in [0.05, 0.1) is 24.2 Å². The van der Waals surface area contributed by atoms with Gasteiger partial charge >= 0.3 is 58.7 Å². The summed E-state index contributed by atoms with van der Waals surface area (Å²) < 4.78 is 42.6. The Morgan fingerprint density at radius 2 is 1.23 bits per heavy atom. The summed E-state index contributed by atoms with van der Waals surface area (Å²) in [5.74, 6) is -0.152. The Bertz CT molecular complexity index is 1670. The summed E-state index contributed by atoms with van der Waals surface area (Å²) in [6, 6.07) is 3.40. The van der Waals surface area contributed by atoms with Gasteiger partial charge in [-0.1, -0.05) is 0 Å². The van der Waals surface area contributed by atoms with Gasteiger partial charge in [0.2, 0.25) is 0 Å². The molecule has 1 aromatic carbocycles. The molecule has 25 nitrogen and oxygen atoms in total. The van der Waals surface area contributed by atoms with E-state index in [9.17, 15) is 34.4 Å². The summed E-state index contributed by atoms with van der Waals surface area (Å²) in [6.07, 6.45) is -5.49. The second-order valence-corrected chi connectivity index (χ2v) is 12.9. The fourth-order valence-electron chi connectivity index (χ4n) is 3.06. The van der Waals surface area contributed by atoms with Gasteiger partial charge < -0.3 is 78.2 Å². The number of aryl methyl sites for hydroxylation is 2. The van der Waals surface area contributed by atoms with Crippen molar-refractivity contribution in [2.24, 2.45) is 0 Å². The van der Waals surface area contributed by atoms with Crippen molar-refractivity contribution in [2.75, 3.05) is 6.61 Å². The van der Waals surface area contributed by atoms with E-state index in [1.54, 1.807) is 12.1 Å². The quantitative estimate of drug-likeness (QED) is 0.0602. The first-order valence-corrected chi connectivity index (χ1v) is 17.6. The maximum atomic E-state index is 12.2. The zero-order valence-corrected chi connectivity index (χ0v) is 29.6. The molecule has 30 heteroatoms. The number of phosphoric acid groups is 4. The first-order valence-electron chi connectivity index (χ1n) is 11.4. The van der Waals surface area contributed by atoms with Crippen molar-refractivity contribution in [1.29, 1.82) is 0 Å². The molecule has 0 amide bonds. The number of nitrogens with zero attached hydrogens (tertiary/aromatic N) is 3. The van der Waals surface area contributed by atoms with Crippen LogP contribution < -0.4 is 45.7 Å². The van der Waals surface area contributed by atoms with Crippen LogP contribution in [0.3, 0.4) is 0 Å². The van der Waals surface area contributed by atoms with Gasteiger partial charge in [-0.15, -0.1) is 0 Å². The van der Waals surface area contributed by atoms with Crippen LogP contribution in [-0.4, -0.2) is 109 Å². The average Bonchev–Trinajstić information content (AvgIpc) is 2.80. The molecule has 0 saturated heterocycles. The normalized spacial score (nSPS) is 14.9. The Kier molecular flexibility index (Phi) is 19.7. The number of hydrogen-bond acceptors (Lipinski definition) is 13. The summed E-state index contributed by atoms with van der Waals surface area (Å²) >= 11 is 0. The number of aliphatic hydroxyl groups is 3. The smallest absolute Gasteiger partial charge is 0.756 e. The number of phosphoric ester groups is 1. The van der Waals surface area contributed by atoms with Crippen LogP contribution in [0.2, 0.25) is 0 Å². The molecule has 0 aliphatic carbocycles. The van der Waals surface area contributed by atoms with Gasteiger partial charge in [0, 0.05) is 0 Å². The van der Waals surface area contributed by atoms with Crippen molar-refractivity contribution in [1.82, 2.24) is 19.5 Å². The second kappa shape index (κ2) is 19.3. The van der Waals surface area contributed by atoms with E-state index in [1.165, 1.54) is 4.57 Å². The number of H-pyrrole nitrogens is 1. The Hall–Kier alpha value is -1.18. The van der Waals surface area contributed by atoms with Crippen molar-refractivity contribution in [2.45, 2.75) is 38.7 Å². The SMILES string of the molecule is Cc1cc2nc3c(=O)[nH]c(=O)nc-3n(C[C@H](O)[C@H](O)[C@H](O)COP(=O)([O-])O)c2cc1C.O=P(O)(O)O.O=P(O)(O)O.O=P(O)(O)O.[Na+]. The van der Waals surface area contributed by atoms with Crippen LogP contribution in [0.15, 0.2) is 21.7 Å². The van der Waals surface area contributed by atoms with Crippen molar-refractivity contribution >= 4 is 42.3 Å². The minimum absolute atomic E-state index is 0. The topological polar surface area (TPSA) is 444 Å².